The Bertz CT molecular complexity index is 516. The first-order chi connectivity index (χ1) is 8.20. The summed E-state index contributed by atoms with van der Waals surface area (Å²) in [5.41, 5.74) is 4.12. The van der Waals surface area contributed by atoms with E-state index in [0.29, 0.717) is 11.6 Å². The number of nitrogens with two attached hydrogens (primary N) is 1. The van der Waals surface area contributed by atoms with Crippen LogP contribution in [0.1, 0.15) is 10.4 Å². The molecule has 3 N–H and O–H groups in total. The molecule has 2 rings (SSSR count). The van der Waals surface area contributed by atoms with E-state index in [0.717, 1.165) is 11.1 Å². The minimum absolute atomic E-state index is 0.550. The summed E-state index contributed by atoms with van der Waals surface area (Å²) >= 11 is 11.6. The average molecular weight is 269 g/mol. The molecule has 17 heavy (non-hydrogen) atoms. The van der Waals surface area contributed by atoms with Gasteiger partial charge in [0.05, 0.1) is 0 Å². The Balaban J connectivity index is 2.41. The molecule has 0 spiro atoms. The molecule has 1 aromatic carbocycles. The Hall–Kier alpha value is -1.36. The number of rotatable bonds is 3. The summed E-state index contributed by atoms with van der Waals surface area (Å²) in [5.74, 6) is 6.41. The van der Waals surface area contributed by atoms with Crippen LogP contribution in [0.15, 0.2) is 36.5 Å². The van der Waals surface area contributed by atoms with Gasteiger partial charge in [-0.1, -0.05) is 18.2 Å². The lowest BCUT2D eigenvalue weighted by molar-refractivity contribution is 1.14. The number of benzene rings is 1. The van der Waals surface area contributed by atoms with E-state index < -0.39 is 4.84 Å². The van der Waals surface area contributed by atoms with Crippen molar-refractivity contribution in [3.8, 4) is 11.4 Å². The van der Waals surface area contributed by atoms with Gasteiger partial charge in [-0.15, -0.1) is 23.2 Å². The molecule has 0 amide bonds. The molecular formula is C11H10Cl2N4. The van der Waals surface area contributed by atoms with Gasteiger partial charge >= 0.3 is 0 Å². The first-order valence-electron chi connectivity index (χ1n) is 4.89. The summed E-state index contributed by atoms with van der Waals surface area (Å²) in [4.78, 5) is 7.83. The molecule has 0 atom stereocenters. The van der Waals surface area contributed by atoms with Crippen molar-refractivity contribution in [2.45, 2.75) is 4.84 Å². The second-order valence-corrected chi connectivity index (χ2v) is 4.43. The Morgan fingerprint density at radius 1 is 1.24 bits per heavy atom. The zero-order valence-electron chi connectivity index (χ0n) is 8.77. The number of nitrogens with one attached hydrogen (secondary N) is 1. The molecule has 6 heteroatoms. The van der Waals surface area contributed by atoms with Gasteiger partial charge in [-0.05, 0) is 11.6 Å². The van der Waals surface area contributed by atoms with Gasteiger partial charge in [-0.25, -0.2) is 15.8 Å². The minimum atomic E-state index is -0.564. The lowest BCUT2D eigenvalue weighted by atomic mass is 10.1. The maximum Gasteiger partial charge on any atom is 0.161 e. The van der Waals surface area contributed by atoms with Gasteiger partial charge in [-0.2, -0.15) is 0 Å². The van der Waals surface area contributed by atoms with E-state index in [1.54, 1.807) is 12.3 Å². The van der Waals surface area contributed by atoms with E-state index in [4.69, 9.17) is 29.0 Å². The molecule has 0 saturated carbocycles. The number of anilines is 1. The van der Waals surface area contributed by atoms with E-state index in [2.05, 4.69) is 15.4 Å². The standard InChI is InChI=1S/C11H10Cl2N4/c12-10(13)7-2-1-3-8(6-7)11-15-5-4-9(16-11)17-14/h1-6,10H,14H2,(H,15,16,17). The highest BCUT2D eigenvalue weighted by molar-refractivity contribution is 6.44. The fourth-order valence-electron chi connectivity index (χ4n) is 1.39. The zero-order valence-corrected chi connectivity index (χ0v) is 10.3. The van der Waals surface area contributed by atoms with Crippen molar-refractivity contribution >= 4 is 29.0 Å². The SMILES string of the molecule is NNc1ccnc(-c2cccc(C(Cl)Cl)c2)n1. The molecule has 0 aliphatic rings. The summed E-state index contributed by atoms with van der Waals surface area (Å²) in [5, 5.41) is 0. The lowest BCUT2D eigenvalue weighted by Gasteiger charge is -2.06. The Morgan fingerprint density at radius 2 is 2.06 bits per heavy atom. The van der Waals surface area contributed by atoms with E-state index in [1.807, 2.05) is 24.3 Å². The van der Waals surface area contributed by atoms with Gasteiger partial charge in [-0.3, -0.25) is 0 Å². The molecular weight excluding hydrogens is 259 g/mol. The number of alkyl halides is 2. The minimum Gasteiger partial charge on any atom is -0.308 e. The number of halogens is 2. The molecule has 0 bridgehead atoms. The number of hydrogen-bond donors (Lipinski definition) is 2. The van der Waals surface area contributed by atoms with Gasteiger partial charge in [0, 0.05) is 17.8 Å². The molecule has 1 heterocycles. The molecule has 0 aliphatic heterocycles. The highest BCUT2D eigenvalue weighted by atomic mass is 35.5. The van der Waals surface area contributed by atoms with Crippen molar-refractivity contribution < 1.29 is 0 Å². The maximum absolute atomic E-state index is 5.81. The van der Waals surface area contributed by atoms with Crippen LogP contribution in [0.3, 0.4) is 0 Å². The van der Waals surface area contributed by atoms with Crippen LogP contribution in [0.4, 0.5) is 5.82 Å². The summed E-state index contributed by atoms with van der Waals surface area (Å²) in [6.07, 6.45) is 1.63. The van der Waals surface area contributed by atoms with E-state index >= 15 is 0 Å². The van der Waals surface area contributed by atoms with Gasteiger partial charge in [0.1, 0.15) is 10.7 Å². The first kappa shape index (κ1) is 12.1. The van der Waals surface area contributed by atoms with Crippen molar-refractivity contribution in [1.82, 2.24) is 9.97 Å². The molecule has 4 nitrogen and oxygen atoms in total. The number of hydrogen-bond acceptors (Lipinski definition) is 4. The van der Waals surface area contributed by atoms with Gasteiger partial charge in [0.25, 0.3) is 0 Å². The van der Waals surface area contributed by atoms with Crippen LogP contribution in [-0.2, 0) is 0 Å². The third-order valence-corrected chi connectivity index (χ3v) is 2.70. The highest BCUT2D eigenvalue weighted by Crippen LogP contribution is 2.27. The molecule has 0 saturated heterocycles. The van der Waals surface area contributed by atoms with E-state index in [1.165, 1.54) is 0 Å². The molecule has 88 valence electrons. The Morgan fingerprint density at radius 3 is 2.76 bits per heavy atom. The van der Waals surface area contributed by atoms with Gasteiger partial charge < -0.3 is 5.43 Å². The fraction of sp³-hybridized carbons (Fsp3) is 0.0909. The van der Waals surface area contributed by atoms with Crippen molar-refractivity contribution in [3.05, 3.63) is 42.1 Å². The van der Waals surface area contributed by atoms with Crippen LogP contribution in [-0.4, -0.2) is 9.97 Å². The van der Waals surface area contributed by atoms with Crippen LogP contribution in [0, 0.1) is 0 Å². The zero-order chi connectivity index (χ0) is 12.3. The van der Waals surface area contributed by atoms with E-state index in [9.17, 15) is 0 Å². The van der Waals surface area contributed by atoms with Crippen molar-refractivity contribution in [1.29, 1.82) is 0 Å². The summed E-state index contributed by atoms with van der Waals surface area (Å²) < 4.78 is 0. The largest absolute Gasteiger partial charge is 0.308 e. The molecule has 1 aromatic heterocycles. The second kappa shape index (κ2) is 5.31. The fourth-order valence-corrected chi connectivity index (χ4v) is 1.66. The number of aromatic nitrogens is 2. The predicted molar refractivity (Wildman–Crippen MR) is 69.7 cm³/mol. The van der Waals surface area contributed by atoms with Crippen LogP contribution >= 0.6 is 23.2 Å². The monoisotopic (exact) mass is 268 g/mol. The summed E-state index contributed by atoms with van der Waals surface area (Å²) in [6.45, 7) is 0. The van der Waals surface area contributed by atoms with Crippen molar-refractivity contribution in [2.24, 2.45) is 5.84 Å². The smallest absolute Gasteiger partial charge is 0.161 e. The molecule has 0 radical (unpaired) electrons. The second-order valence-electron chi connectivity index (χ2n) is 3.34. The molecule has 0 fully saturated rings. The Labute approximate surface area is 109 Å². The van der Waals surface area contributed by atoms with Gasteiger partial charge in [0.15, 0.2) is 5.82 Å². The summed E-state index contributed by atoms with van der Waals surface area (Å²) in [7, 11) is 0. The number of hydrazine groups is 1. The normalized spacial score (nSPS) is 10.6. The molecule has 0 unspecified atom stereocenters. The predicted octanol–water partition coefficient (Wildman–Crippen LogP) is 2.91. The third kappa shape index (κ3) is 2.85. The van der Waals surface area contributed by atoms with Gasteiger partial charge in [0.2, 0.25) is 0 Å². The quantitative estimate of drug-likeness (QED) is 0.511. The number of nitrogens with zero attached hydrogens (tertiary/aromatic N) is 2. The van der Waals surface area contributed by atoms with Crippen LogP contribution in [0.5, 0.6) is 0 Å². The maximum atomic E-state index is 5.81. The van der Waals surface area contributed by atoms with Crippen LogP contribution in [0.2, 0.25) is 0 Å². The lowest BCUT2D eigenvalue weighted by Crippen LogP contribution is -2.09. The highest BCUT2D eigenvalue weighted by Gasteiger charge is 2.07. The average Bonchev–Trinajstić information content (AvgIpc) is 2.39. The number of nitrogen functional groups attached to an aromatic ring is 1. The topological polar surface area (TPSA) is 63.8 Å². The van der Waals surface area contributed by atoms with Crippen molar-refractivity contribution in [2.75, 3.05) is 5.43 Å². The van der Waals surface area contributed by atoms with Crippen LogP contribution < -0.4 is 11.3 Å². The first-order valence-corrected chi connectivity index (χ1v) is 5.76. The Kier molecular flexibility index (Phi) is 3.78. The molecule has 2 aromatic rings. The summed E-state index contributed by atoms with van der Waals surface area (Å²) in [6, 6.07) is 9.11. The van der Waals surface area contributed by atoms with Crippen LogP contribution in [0.25, 0.3) is 11.4 Å². The molecule has 0 aliphatic carbocycles. The van der Waals surface area contributed by atoms with E-state index in [-0.39, 0.29) is 0 Å². The third-order valence-electron chi connectivity index (χ3n) is 2.20. The van der Waals surface area contributed by atoms with Crippen molar-refractivity contribution in [3.63, 3.8) is 0 Å².